The summed E-state index contributed by atoms with van der Waals surface area (Å²) in [6.07, 6.45) is 1.45. The number of halogens is 4. The number of nitrogens with one attached hydrogen (secondary N) is 2. The van der Waals surface area contributed by atoms with Crippen LogP contribution in [0.3, 0.4) is 0 Å². The molecule has 3 aromatic rings. The standard InChI is InChI=1S/C21H16Cl4N4O2/c1-11-8-13(12(2)29(11)18-5-3-4-16(23)19(18)25)10-26-28-21(31)20(30)27-14-6-7-15(22)17(24)9-14/h3-10H,1-2H3,(H,27,30)(H,28,31)/b26-10-. The van der Waals surface area contributed by atoms with Gasteiger partial charge in [-0.25, -0.2) is 5.43 Å². The molecule has 31 heavy (non-hydrogen) atoms. The highest BCUT2D eigenvalue weighted by Gasteiger charge is 2.15. The van der Waals surface area contributed by atoms with Gasteiger partial charge in [0.25, 0.3) is 0 Å². The zero-order valence-electron chi connectivity index (χ0n) is 16.3. The van der Waals surface area contributed by atoms with Gasteiger partial charge in [0.2, 0.25) is 0 Å². The van der Waals surface area contributed by atoms with Gasteiger partial charge in [-0.3, -0.25) is 9.59 Å². The number of hydrazone groups is 1. The van der Waals surface area contributed by atoms with E-state index in [0.717, 1.165) is 22.6 Å². The van der Waals surface area contributed by atoms with Crippen LogP contribution in [0.25, 0.3) is 5.69 Å². The molecule has 10 heteroatoms. The summed E-state index contributed by atoms with van der Waals surface area (Å²) in [5, 5.41) is 7.77. The molecule has 2 aromatic carbocycles. The first-order valence-corrected chi connectivity index (χ1v) is 10.4. The fourth-order valence-corrected chi connectivity index (χ4v) is 3.61. The Hall–Kier alpha value is -2.51. The van der Waals surface area contributed by atoms with Gasteiger partial charge in [0.15, 0.2) is 0 Å². The largest absolute Gasteiger partial charge is 0.329 e. The van der Waals surface area contributed by atoms with E-state index in [1.165, 1.54) is 24.4 Å². The van der Waals surface area contributed by atoms with Crippen LogP contribution in [0, 0.1) is 13.8 Å². The molecule has 0 aliphatic carbocycles. The molecule has 1 heterocycles. The zero-order chi connectivity index (χ0) is 22.7. The molecule has 0 fully saturated rings. The van der Waals surface area contributed by atoms with Crippen LogP contribution in [0.5, 0.6) is 0 Å². The van der Waals surface area contributed by atoms with Crippen LogP contribution in [-0.2, 0) is 9.59 Å². The van der Waals surface area contributed by atoms with E-state index in [0.29, 0.717) is 20.8 Å². The normalized spacial score (nSPS) is 11.0. The summed E-state index contributed by atoms with van der Waals surface area (Å²) >= 11 is 24.2. The lowest BCUT2D eigenvalue weighted by Crippen LogP contribution is -2.32. The Morgan fingerprint density at radius 3 is 2.39 bits per heavy atom. The number of amides is 2. The summed E-state index contributed by atoms with van der Waals surface area (Å²) in [6.45, 7) is 3.79. The van der Waals surface area contributed by atoms with Crippen molar-refractivity contribution in [1.82, 2.24) is 9.99 Å². The molecule has 0 atom stereocenters. The zero-order valence-corrected chi connectivity index (χ0v) is 19.4. The Kier molecular flexibility index (Phi) is 7.28. The fourth-order valence-electron chi connectivity index (χ4n) is 2.93. The Morgan fingerprint density at radius 1 is 0.935 bits per heavy atom. The number of aryl methyl sites for hydroxylation is 1. The van der Waals surface area contributed by atoms with Crippen LogP contribution < -0.4 is 10.7 Å². The number of hydrogen-bond acceptors (Lipinski definition) is 3. The van der Waals surface area contributed by atoms with Crippen molar-refractivity contribution in [3.05, 3.63) is 79.5 Å². The summed E-state index contributed by atoms with van der Waals surface area (Å²) in [6, 6.07) is 11.7. The number of benzene rings is 2. The van der Waals surface area contributed by atoms with E-state index in [4.69, 9.17) is 46.4 Å². The maximum absolute atomic E-state index is 12.0. The Morgan fingerprint density at radius 2 is 1.68 bits per heavy atom. The van der Waals surface area contributed by atoms with E-state index in [1.807, 2.05) is 36.6 Å². The monoisotopic (exact) mass is 496 g/mol. The number of carbonyl (C=O) groups excluding carboxylic acids is 2. The van der Waals surface area contributed by atoms with Crippen LogP contribution >= 0.6 is 46.4 Å². The van der Waals surface area contributed by atoms with Gasteiger partial charge < -0.3 is 9.88 Å². The van der Waals surface area contributed by atoms with Gasteiger partial charge in [-0.2, -0.15) is 5.10 Å². The molecule has 0 saturated heterocycles. The second-order valence-electron chi connectivity index (χ2n) is 6.52. The van der Waals surface area contributed by atoms with Gasteiger partial charge in [-0.05, 0) is 50.2 Å². The summed E-state index contributed by atoms with van der Waals surface area (Å²) in [7, 11) is 0. The van der Waals surface area contributed by atoms with E-state index in [2.05, 4.69) is 15.8 Å². The van der Waals surface area contributed by atoms with Crippen LogP contribution in [-0.4, -0.2) is 22.6 Å². The first-order chi connectivity index (χ1) is 14.7. The van der Waals surface area contributed by atoms with E-state index in [1.54, 1.807) is 6.07 Å². The van der Waals surface area contributed by atoms with Gasteiger partial charge in [0.05, 0.1) is 32.0 Å². The predicted molar refractivity (Wildman–Crippen MR) is 126 cm³/mol. The highest BCUT2D eigenvalue weighted by Crippen LogP contribution is 2.31. The third kappa shape index (κ3) is 5.22. The fraction of sp³-hybridized carbons (Fsp3) is 0.0952. The van der Waals surface area contributed by atoms with Crippen molar-refractivity contribution in [1.29, 1.82) is 0 Å². The second-order valence-corrected chi connectivity index (χ2v) is 8.12. The molecule has 0 unspecified atom stereocenters. The molecule has 1 aromatic heterocycles. The number of anilines is 1. The quantitative estimate of drug-likeness (QED) is 0.271. The van der Waals surface area contributed by atoms with Gasteiger partial charge in [0.1, 0.15) is 0 Å². The van der Waals surface area contributed by atoms with E-state index < -0.39 is 11.8 Å². The SMILES string of the molecule is Cc1cc(/C=N\NC(=O)C(=O)Nc2ccc(Cl)c(Cl)c2)c(C)n1-c1cccc(Cl)c1Cl. The Bertz CT molecular complexity index is 1200. The smallest absolute Gasteiger partial charge is 0.318 e. The maximum Gasteiger partial charge on any atom is 0.329 e. The average molecular weight is 498 g/mol. The number of rotatable bonds is 4. The van der Waals surface area contributed by atoms with Crippen LogP contribution in [0.1, 0.15) is 17.0 Å². The Balaban J connectivity index is 1.71. The molecule has 160 valence electrons. The number of carbonyl (C=O) groups is 2. The number of hydrogen-bond donors (Lipinski definition) is 2. The van der Waals surface area contributed by atoms with Gasteiger partial charge in [-0.1, -0.05) is 52.5 Å². The molecule has 0 aliphatic rings. The van der Waals surface area contributed by atoms with Crippen molar-refractivity contribution in [3.63, 3.8) is 0 Å². The minimum Gasteiger partial charge on any atom is -0.318 e. The lowest BCUT2D eigenvalue weighted by atomic mass is 10.2. The summed E-state index contributed by atoms with van der Waals surface area (Å²) in [5.74, 6) is -1.83. The molecule has 0 spiro atoms. The molecular weight excluding hydrogens is 482 g/mol. The van der Waals surface area contributed by atoms with Gasteiger partial charge >= 0.3 is 11.8 Å². The minimum atomic E-state index is -0.936. The first kappa shape index (κ1) is 23.2. The molecular formula is C21H16Cl4N4O2. The van der Waals surface area contributed by atoms with Crippen LogP contribution in [0.4, 0.5) is 5.69 Å². The summed E-state index contributed by atoms with van der Waals surface area (Å²) < 4.78 is 1.92. The number of nitrogens with zero attached hydrogens (tertiary/aromatic N) is 2. The van der Waals surface area contributed by atoms with E-state index in [9.17, 15) is 9.59 Å². The molecule has 6 nitrogen and oxygen atoms in total. The predicted octanol–water partition coefficient (Wildman–Crippen LogP) is 5.80. The average Bonchev–Trinajstić information content (AvgIpc) is 3.00. The molecule has 2 N–H and O–H groups in total. The van der Waals surface area contributed by atoms with Crippen LogP contribution in [0.2, 0.25) is 20.1 Å². The van der Waals surface area contributed by atoms with Crippen molar-refractivity contribution >= 4 is 70.1 Å². The van der Waals surface area contributed by atoms with Crippen molar-refractivity contribution < 1.29 is 9.59 Å². The summed E-state index contributed by atoms with van der Waals surface area (Å²) in [5.41, 5.74) is 5.72. The molecule has 0 radical (unpaired) electrons. The van der Waals surface area contributed by atoms with Gasteiger partial charge in [-0.15, -0.1) is 0 Å². The maximum atomic E-state index is 12.0. The molecule has 3 rings (SSSR count). The topological polar surface area (TPSA) is 75.5 Å². The van der Waals surface area contributed by atoms with Crippen LogP contribution in [0.15, 0.2) is 47.6 Å². The van der Waals surface area contributed by atoms with Crippen molar-refractivity contribution in [2.24, 2.45) is 5.10 Å². The molecule has 0 aliphatic heterocycles. The first-order valence-electron chi connectivity index (χ1n) is 8.91. The van der Waals surface area contributed by atoms with E-state index >= 15 is 0 Å². The summed E-state index contributed by atoms with van der Waals surface area (Å²) in [4.78, 5) is 24.0. The van der Waals surface area contributed by atoms with E-state index in [-0.39, 0.29) is 5.02 Å². The minimum absolute atomic E-state index is 0.257. The lowest BCUT2D eigenvalue weighted by Gasteiger charge is -2.12. The van der Waals surface area contributed by atoms with Crippen molar-refractivity contribution in [3.8, 4) is 5.69 Å². The Labute approximate surface area is 198 Å². The molecule has 0 bridgehead atoms. The second kappa shape index (κ2) is 9.75. The number of aromatic nitrogens is 1. The van der Waals surface area contributed by atoms with Gasteiger partial charge in [0, 0.05) is 22.6 Å². The third-order valence-electron chi connectivity index (χ3n) is 4.40. The molecule has 2 amide bonds. The highest BCUT2D eigenvalue weighted by molar-refractivity contribution is 6.43. The highest BCUT2D eigenvalue weighted by atomic mass is 35.5. The third-order valence-corrected chi connectivity index (χ3v) is 5.94. The van der Waals surface area contributed by atoms with Crippen molar-refractivity contribution in [2.75, 3.05) is 5.32 Å². The molecule has 0 saturated carbocycles. The van der Waals surface area contributed by atoms with Crippen molar-refractivity contribution in [2.45, 2.75) is 13.8 Å². The lowest BCUT2D eigenvalue weighted by molar-refractivity contribution is -0.136.